The van der Waals surface area contributed by atoms with E-state index < -0.39 is 0 Å². The van der Waals surface area contributed by atoms with E-state index in [0.717, 1.165) is 33.5 Å². The molecule has 1 aliphatic rings. The smallest absolute Gasteiger partial charge is 0.257 e. The number of nitrogens with one attached hydrogen (secondary N) is 1. The molecule has 162 valence electrons. The van der Waals surface area contributed by atoms with Gasteiger partial charge < -0.3 is 14.6 Å². The van der Waals surface area contributed by atoms with Crippen LogP contribution in [-0.2, 0) is 6.42 Å². The number of rotatable bonds is 3. The molecule has 4 aromatic rings. The lowest BCUT2D eigenvalue weighted by Crippen LogP contribution is -2.40. The largest absolute Gasteiger partial charge is 0.497 e. The van der Waals surface area contributed by atoms with E-state index in [4.69, 9.17) is 39.5 Å². The van der Waals surface area contributed by atoms with Crippen molar-refractivity contribution < 1.29 is 9.53 Å². The summed E-state index contributed by atoms with van der Waals surface area (Å²) >= 11 is 19.1. The molecule has 2 heterocycles. The topological polar surface area (TPSA) is 45.3 Å². The Morgan fingerprint density at radius 2 is 1.75 bits per heavy atom. The number of methoxy groups -OCH3 is 1. The molecular weight excluding hydrogens is 467 g/mol. The second kappa shape index (κ2) is 8.36. The molecule has 5 rings (SSSR count). The van der Waals surface area contributed by atoms with Crippen molar-refractivity contribution >= 4 is 51.6 Å². The molecule has 1 aromatic heterocycles. The van der Waals surface area contributed by atoms with Crippen LogP contribution in [0.5, 0.6) is 5.75 Å². The van der Waals surface area contributed by atoms with Crippen LogP contribution in [0.25, 0.3) is 10.9 Å². The summed E-state index contributed by atoms with van der Waals surface area (Å²) in [5.74, 6) is 0.545. The minimum absolute atomic E-state index is 0.205. The highest BCUT2D eigenvalue weighted by molar-refractivity contribution is 6.39. The van der Waals surface area contributed by atoms with E-state index in [-0.39, 0.29) is 11.9 Å². The molecule has 1 amide bonds. The van der Waals surface area contributed by atoms with Crippen LogP contribution in [0.4, 0.5) is 0 Å². The first-order chi connectivity index (χ1) is 15.5. The van der Waals surface area contributed by atoms with Crippen LogP contribution in [0.2, 0.25) is 15.1 Å². The third kappa shape index (κ3) is 3.53. The molecule has 3 aromatic carbocycles. The first-order valence-electron chi connectivity index (χ1n) is 10.2. The molecule has 0 spiro atoms. The van der Waals surface area contributed by atoms with Gasteiger partial charge in [-0.05, 0) is 60.0 Å². The lowest BCUT2D eigenvalue weighted by Gasteiger charge is -2.36. The van der Waals surface area contributed by atoms with Crippen LogP contribution in [0.1, 0.15) is 33.2 Å². The van der Waals surface area contributed by atoms with Crippen molar-refractivity contribution in [3.8, 4) is 5.75 Å². The fraction of sp³-hybridized carbons (Fsp3) is 0.160. The predicted molar refractivity (Wildman–Crippen MR) is 129 cm³/mol. The number of hydrogen-bond donors (Lipinski definition) is 1. The Morgan fingerprint density at radius 1 is 1.03 bits per heavy atom. The highest BCUT2D eigenvalue weighted by Gasteiger charge is 2.36. The average molecular weight is 486 g/mol. The zero-order valence-corrected chi connectivity index (χ0v) is 19.4. The highest BCUT2D eigenvalue weighted by atomic mass is 35.5. The zero-order valence-electron chi connectivity index (χ0n) is 17.2. The fourth-order valence-electron chi connectivity index (χ4n) is 4.46. The molecule has 0 aliphatic carbocycles. The molecule has 0 saturated heterocycles. The summed E-state index contributed by atoms with van der Waals surface area (Å²) in [7, 11) is 1.63. The van der Waals surface area contributed by atoms with Gasteiger partial charge in [0.25, 0.3) is 5.91 Å². The van der Waals surface area contributed by atoms with Crippen molar-refractivity contribution in [2.45, 2.75) is 12.5 Å². The number of nitrogens with zero attached hydrogens (tertiary/aromatic N) is 1. The lowest BCUT2D eigenvalue weighted by atomic mass is 9.91. The number of amides is 1. The van der Waals surface area contributed by atoms with E-state index in [9.17, 15) is 4.79 Å². The van der Waals surface area contributed by atoms with Crippen LogP contribution in [0.15, 0.2) is 60.7 Å². The van der Waals surface area contributed by atoms with Crippen LogP contribution >= 0.6 is 34.8 Å². The van der Waals surface area contributed by atoms with Crippen LogP contribution in [0, 0.1) is 0 Å². The number of carbonyl (C=O) groups excluding carboxylic acids is 1. The maximum absolute atomic E-state index is 13.7. The van der Waals surface area contributed by atoms with Gasteiger partial charge in [0.05, 0.1) is 28.8 Å². The molecule has 1 N–H and O–H groups in total. The first kappa shape index (κ1) is 21.2. The third-order valence-corrected chi connectivity index (χ3v) is 6.82. The quantitative estimate of drug-likeness (QED) is 0.342. The maximum atomic E-state index is 13.7. The van der Waals surface area contributed by atoms with E-state index in [1.54, 1.807) is 25.3 Å². The summed E-state index contributed by atoms with van der Waals surface area (Å²) in [5.41, 5.74) is 4.40. The van der Waals surface area contributed by atoms with Gasteiger partial charge in [-0.3, -0.25) is 4.79 Å². The molecule has 0 fully saturated rings. The summed E-state index contributed by atoms with van der Waals surface area (Å²) in [5, 5.41) is 2.44. The number of aromatic nitrogens is 1. The van der Waals surface area contributed by atoms with Gasteiger partial charge in [-0.15, -0.1) is 0 Å². The Bertz CT molecular complexity index is 1310. The number of hydrogen-bond acceptors (Lipinski definition) is 2. The van der Waals surface area contributed by atoms with E-state index in [1.165, 1.54) is 0 Å². The zero-order chi connectivity index (χ0) is 22.4. The molecule has 0 saturated carbocycles. The second-order valence-corrected chi connectivity index (χ2v) is 8.98. The van der Waals surface area contributed by atoms with Crippen molar-refractivity contribution in [1.29, 1.82) is 0 Å². The second-order valence-electron chi connectivity index (χ2n) is 7.73. The summed E-state index contributed by atoms with van der Waals surface area (Å²) in [6.45, 7) is 0.517. The Kier molecular flexibility index (Phi) is 5.54. The first-order valence-corrected chi connectivity index (χ1v) is 11.3. The van der Waals surface area contributed by atoms with Crippen molar-refractivity contribution in [1.82, 2.24) is 9.88 Å². The van der Waals surface area contributed by atoms with E-state index in [2.05, 4.69) is 4.98 Å². The summed E-state index contributed by atoms with van der Waals surface area (Å²) < 4.78 is 5.32. The standard InChI is InChI=1S/C25H19Cl3N2O2/c1-32-16-8-5-14(6-9-16)24-23-17(18-13-15(26)7-10-21(18)29-23)11-12-30(24)25(31)22-19(27)3-2-4-20(22)28/h2-10,13,24,29H,11-12H2,1H3. The van der Waals surface area contributed by atoms with Gasteiger partial charge in [0.15, 0.2) is 0 Å². The van der Waals surface area contributed by atoms with Crippen molar-refractivity contribution in [3.63, 3.8) is 0 Å². The van der Waals surface area contributed by atoms with Crippen LogP contribution in [0.3, 0.4) is 0 Å². The van der Waals surface area contributed by atoms with Gasteiger partial charge >= 0.3 is 0 Å². The summed E-state index contributed by atoms with van der Waals surface area (Å²) in [4.78, 5) is 19.1. The molecule has 1 atom stereocenters. The number of fused-ring (bicyclic) bond motifs is 3. The summed E-state index contributed by atoms with van der Waals surface area (Å²) in [6, 6.07) is 18.3. The number of benzene rings is 3. The minimum atomic E-state index is -0.337. The number of ether oxygens (including phenoxy) is 1. The average Bonchev–Trinajstić information content (AvgIpc) is 3.16. The van der Waals surface area contributed by atoms with Crippen LogP contribution < -0.4 is 4.74 Å². The Balaban J connectivity index is 1.68. The lowest BCUT2D eigenvalue weighted by molar-refractivity contribution is 0.0692. The van der Waals surface area contributed by atoms with Gasteiger partial charge in [-0.2, -0.15) is 0 Å². The SMILES string of the molecule is COc1ccc(C2c3[nH]c4ccc(Cl)cc4c3CCN2C(=O)c2c(Cl)cccc2Cl)cc1. The molecule has 0 bridgehead atoms. The molecular formula is C25H19Cl3N2O2. The maximum Gasteiger partial charge on any atom is 0.257 e. The highest BCUT2D eigenvalue weighted by Crippen LogP contribution is 2.41. The van der Waals surface area contributed by atoms with Gasteiger partial charge in [0, 0.05) is 28.2 Å². The Labute approximate surface area is 200 Å². The van der Waals surface area contributed by atoms with Gasteiger partial charge in [-0.1, -0.05) is 53.0 Å². The Morgan fingerprint density at radius 3 is 2.44 bits per heavy atom. The van der Waals surface area contributed by atoms with Crippen molar-refractivity contribution in [2.24, 2.45) is 0 Å². The molecule has 32 heavy (non-hydrogen) atoms. The van der Waals surface area contributed by atoms with Gasteiger partial charge in [-0.25, -0.2) is 0 Å². The van der Waals surface area contributed by atoms with E-state index in [1.807, 2.05) is 47.4 Å². The Hall–Kier alpha value is -2.66. The number of H-pyrrole nitrogens is 1. The molecule has 4 nitrogen and oxygen atoms in total. The molecule has 1 unspecified atom stereocenters. The monoisotopic (exact) mass is 484 g/mol. The molecule has 1 aliphatic heterocycles. The fourth-order valence-corrected chi connectivity index (χ4v) is 5.19. The van der Waals surface area contributed by atoms with Crippen molar-refractivity contribution in [3.05, 3.63) is 98.1 Å². The molecule has 7 heteroatoms. The predicted octanol–water partition coefficient (Wildman–Crippen LogP) is 6.92. The van der Waals surface area contributed by atoms with Crippen LogP contribution in [-0.4, -0.2) is 29.4 Å². The number of carbonyl (C=O) groups is 1. The third-order valence-electron chi connectivity index (χ3n) is 5.96. The minimum Gasteiger partial charge on any atom is -0.497 e. The number of aromatic amines is 1. The molecule has 0 radical (unpaired) electrons. The summed E-state index contributed by atoms with van der Waals surface area (Å²) in [6.07, 6.45) is 0.691. The number of halogens is 3. The van der Waals surface area contributed by atoms with Crippen molar-refractivity contribution in [2.75, 3.05) is 13.7 Å². The van der Waals surface area contributed by atoms with E-state index >= 15 is 0 Å². The van der Waals surface area contributed by atoms with Gasteiger partial charge in [0.2, 0.25) is 0 Å². The van der Waals surface area contributed by atoms with Gasteiger partial charge in [0.1, 0.15) is 5.75 Å². The normalized spacial score (nSPS) is 15.6. The van der Waals surface area contributed by atoms with E-state index in [0.29, 0.717) is 33.6 Å².